The number of pyridine rings is 1. The lowest BCUT2D eigenvalue weighted by Gasteiger charge is -2.33. The Morgan fingerprint density at radius 3 is 2.68 bits per heavy atom. The van der Waals surface area contributed by atoms with Crippen LogP contribution in [0, 0.1) is 0 Å². The van der Waals surface area contributed by atoms with Crippen LogP contribution < -0.4 is 11.5 Å². The van der Waals surface area contributed by atoms with Gasteiger partial charge in [0, 0.05) is 17.4 Å². The molecule has 1 atom stereocenters. The minimum Gasteiger partial charge on any atom is -0.398 e. The monoisotopic (exact) mass is 305 g/mol. The molecule has 22 heavy (non-hydrogen) atoms. The highest BCUT2D eigenvalue weighted by Gasteiger charge is 2.37. The molecule has 1 aliphatic carbocycles. The molecule has 1 aromatic carbocycles. The number of hydrogen-bond donors (Lipinski definition) is 2. The van der Waals surface area contributed by atoms with Gasteiger partial charge < -0.3 is 11.5 Å². The predicted molar refractivity (Wildman–Crippen MR) is 78.7 cm³/mol. The van der Waals surface area contributed by atoms with Crippen molar-refractivity contribution in [2.45, 2.75) is 18.1 Å². The largest absolute Gasteiger partial charge is 0.416 e. The summed E-state index contributed by atoms with van der Waals surface area (Å²) in [5.41, 5.74) is 12.5. The highest BCUT2D eigenvalue weighted by Crippen LogP contribution is 2.39. The van der Waals surface area contributed by atoms with E-state index in [4.69, 9.17) is 11.5 Å². The molecule has 2 aromatic rings. The van der Waals surface area contributed by atoms with Gasteiger partial charge in [-0.05, 0) is 30.2 Å². The molecular formula is C16H14F3N3. The molecule has 0 radical (unpaired) electrons. The van der Waals surface area contributed by atoms with Crippen molar-refractivity contribution in [2.24, 2.45) is 5.73 Å². The number of nitrogens with zero attached hydrogens (tertiary/aromatic N) is 1. The second-order valence-electron chi connectivity index (χ2n) is 5.32. The maximum Gasteiger partial charge on any atom is 0.416 e. The van der Waals surface area contributed by atoms with Gasteiger partial charge in [-0.3, -0.25) is 4.98 Å². The molecule has 1 heterocycles. The minimum atomic E-state index is -4.41. The number of anilines is 1. The third kappa shape index (κ3) is 2.25. The molecule has 6 heteroatoms. The maximum atomic E-state index is 12.9. The maximum absolute atomic E-state index is 12.9. The number of benzene rings is 1. The lowest BCUT2D eigenvalue weighted by Crippen LogP contribution is -2.40. The number of nitrogens with two attached hydrogens (primary N) is 2. The first-order valence-corrected chi connectivity index (χ1v) is 6.70. The summed E-state index contributed by atoms with van der Waals surface area (Å²) in [5.74, 6) is 0. The Morgan fingerprint density at radius 1 is 1.18 bits per heavy atom. The zero-order valence-corrected chi connectivity index (χ0v) is 11.6. The number of fused-ring (bicyclic) bond motifs is 1. The van der Waals surface area contributed by atoms with Gasteiger partial charge in [0.15, 0.2) is 0 Å². The number of halogens is 3. The van der Waals surface area contributed by atoms with Crippen molar-refractivity contribution >= 4 is 11.8 Å². The molecule has 0 saturated carbocycles. The number of nitrogen functional groups attached to an aromatic ring is 1. The van der Waals surface area contributed by atoms with E-state index in [1.54, 1.807) is 24.3 Å². The van der Waals surface area contributed by atoms with Crippen molar-refractivity contribution in [3.05, 3.63) is 65.0 Å². The first kappa shape index (κ1) is 14.6. The van der Waals surface area contributed by atoms with Gasteiger partial charge in [-0.25, -0.2) is 0 Å². The Labute approximate surface area is 125 Å². The van der Waals surface area contributed by atoms with Crippen molar-refractivity contribution in [3.8, 4) is 0 Å². The molecule has 4 N–H and O–H groups in total. The number of rotatable bonds is 1. The fraction of sp³-hybridized carbons (Fsp3) is 0.188. The van der Waals surface area contributed by atoms with Gasteiger partial charge in [0.2, 0.25) is 0 Å². The van der Waals surface area contributed by atoms with Crippen molar-refractivity contribution in [1.82, 2.24) is 4.98 Å². The summed E-state index contributed by atoms with van der Waals surface area (Å²) in [6, 6.07) is 6.69. The Morgan fingerprint density at radius 2 is 1.95 bits per heavy atom. The summed E-state index contributed by atoms with van der Waals surface area (Å²) in [4.78, 5) is 4.26. The van der Waals surface area contributed by atoms with Crippen LogP contribution in [-0.2, 0) is 11.7 Å². The van der Waals surface area contributed by atoms with E-state index in [0.717, 1.165) is 12.1 Å². The second-order valence-corrected chi connectivity index (χ2v) is 5.32. The summed E-state index contributed by atoms with van der Waals surface area (Å²) in [6.07, 6.45) is 1.07. The summed E-state index contributed by atoms with van der Waals surface area (Å²) in [5, 5.41) is 0. The van der Waals surface area contributed by atoms with Crippen LogP contribution in [0.1, 0.15) is 28.8 Å². The Bertz CT molecular complexity index is 753. The zero-order valence-electron chi connectivity index (χ0n) is 11.6. The van der Waals surface area contributed by atoms with Crippen molar-refractivity contribution in [3.63, 3.8) is 0 Å². The molecule has 0 bridgehead atoms. The molecular weight excluding hydrogens is 291 g/mol. The summed E-state index contributed by atoms with van der Waals surface area (Å²) in [7, 11) is 0. The number of alkyl halides is 3. The third-order valence-corrected chi connectivity index (χ3v) is 3.88. The van der Waals surface area contributed by atoms with Crippen LogP contribution in [-0.4, -0.2) is 4.98 Å². The summed E-state index contributed by atoms with van der Waals surface area (Å²) >= 11 is 0. The minimum absolute atomic E-state index is 0.359. The van der Waals surface area contributed by atoms with Crippen LogP contribution in [0.4, 0.5) is 18.9 Å². The average Bonchev–Trinajstić information content (AvgIpc) is 2.48. The van der Waals surface area contributed by atoms with Crippen LogP contribution in [0.5, 0.6) is 0 Å². The van der Waals surface area contributed by atoms with E-state index < -0.39 is 17.3 Å². The van der Waals surface area contributed by atoms with Crippen LogP contribution in [0.25, 0.3) is 6.08 Å². The van der Waals surface area contributed by atoms with Crippen molar-refractivity contribution < 1.29 is 13.2 Å². The molecule has 1 aliphatic rings. The van der Waals surface area contributed by atoms with E-state index >= 15 is 0 Å². The van der Waals surface area contributed by atoms with Gasteiger partial charge in [0.05, 0.1) is 16.8 Å². The van der Waals surface area contributed by atoms with E-state index in [0.29, 0.717) is 28.9 Å². The van der Waals surface area contributed by atoms with Gasteiger partial charge in [-0.1, -0.05) is 24.3 Å². The van der Waals surface area contributed by atoms with Gasteiger partial charge in [-0.15, -0.1) is 0 Å². The molecule has 0 aliphatic heterocycles. The first-order valence-electron chi connectivity index (χ1n) is 6.70. The third-order valence-electron chi connectivity index (χ3n) is 3.88. The smallest absolute Gasteiger partial charge is 0.398 e. The van der Waals surface area contributed by atoms with Crippen molar-refractivity contribution in [1.29, 1.82) is 0 Å². The molecule has 114 valence electrons. The molecule has 1 unspecified atom stereocenters. The number of aromatic nitrogens is 1. The van der Waals surface area contributed by atoms with Crippen molar-refractivity contribution in [2.75, 3.05) is 5.73 Å². The average molecular weight is 305 g/mol. The highest BCUT2D eigenvalue weighted by molar-refractivity contribution is 5.70. The zero-order chi connectivity index (χ0) is 16.0. The highest BCUT2D eigenvalue weighted by atomic mass is 19.4. The summed E-state index contributed by atoms with van der Waals surface area (Å²) < 4.78 is 38.8. The van der Waals surface area contributed by atoms with Crippen LogP contribution >= 0.6 is 0 Å². The fourth-order valence-corrected chi connectivity index (χ4v) is 2.71. The van der Waals surface area contributed by atoms with Gasteiger partial charge in [-0.2, -0.15) is 13.2 Å². The fourth-order valence-electron chi connectivity index (χ4n) is 2.71. The second kappa shape index (κ2) is 4.84. The lowest BCUT2D eigenvalue weighted by atomic mass is 9.78. The Kier molecular flexibility index (Phi) is 3.21. The molecule has 3 rings (SSSR count). The van der Waals surface area contributed by atoms with Gasteiger partial charge in [0.25, 0.3) is 0 Å². The standard InChI is InChI=1S/C16H14F3N3/c17-16(18,19)11-4-1-3-10(9-11)15(21)7-2-5-12-13(20)6-8-22-14(12)15/h1-6,8-9H,7,21H2,(H2,20,22). The molecule has 0 amide bonds. The van der Waals surface area contributed by atoms with E-state index in [1.165, 1.54) is 12.3 Å². The van der Waals surface area contributed by atoms with E-state index in [2.05, 4.69) is 4.98 Å². The Balaban J connectivity index is 2.17. The van der Waals surface area contributed by atoms with Gasteiger partial charge >= 0.3 is 6.18 Å². The van der Waals surface area contributed by atoms with Crippen LogP contribution in [0.2, 0.25) is 0 Å². The Hall–Kier alpha value is -2.34. The molecule has 0 spiro atoms. The van der Waals surface area contributed by atoms with E-state index in [1.807, 2.05) is 0 Å². The first-order chi connectivity index (χ1) is 10.3. The quantitative estimate of drug-likeness (QED) is 0.849. The summed E-state index contributed by atoms with van der Waals surface area (Å²) in [6.45, 7) is 0. The van der Waals surface area contributed by atoms with Crippen LogP contribution in [0.15, 0.2) is 42.6 Å². The molecule has 0 saturated heterocycles. The normalized spacial score (nSPS) is 20.7. The molecule has 3 nitrogen and oxygen atoms in total. The molecule has 1 aromatic heterocycles. The van der Waals surface area contributed by atoms with E-state index in [9.17, 15) is 13.2 Å². The topological polar surface area (TPSA) is 64.9 Å². The van der Waals surface area contributed by atoms with Gasteiger partial charge in [0.1, 0.15) is 0 Å². The predicted octanol–water partition coefficient (Wildman–Crippen LogP) is 3.30. The van der Waals surface area contributed by atoms with E-state index in [-0.39, 0.29) is 0 Å². The van der Waals surface area contributed by atoms with Crippen LogP contribution in [0.3, 0.4) is 0 Å². The number of hydrogen-bond acceptors (Lipinski definition) is 3. The molecule has 0 fully saturated rings. The SMILES string of the molecule is Nc1ccnc2c1C=CCC2(N)c1cccc(C(F)(F)F)c1. The lowest BCUT2D eigenvalue weighted by molar-refractivity contribution is -0.137.